The molecule has 1 aromatic carbocycles. The van der Waals surface area contributed by atoms with Crippen molar-refractivity contribution in [1.82, 2.24) is 5.32 Å². The van der Waals surface area contributed by atoms with E-state index in [4.69, 9.17) is 4.74 Å². The first kappa shape index (κ1) is 18.9. The quantitative estimate of drug-likeness (QED) is 0.607. The Morgan fingerprint density at radius 2 is 1.96 bits per heavy atom. The largest absolute Gasteiger partial charge is 0.381 e. The molecule has 1 aliphatic rings. The number of hydrogen-bond acceptors (Lipinski definition) is 5. The van der Waals surface area contributed by atoms with E-state index < -0.39 is 11.8 Å². The molecule has 7 heteroatoms. The Morgan fingerprint density at radius 1 is 1.19 bits per heavy atom. The SMILES string of the molecule is CSc1ccccc1NC(=O)C(=O)NCC1(c2ccsc2)CCOCC1. The summed E-state index contributed by atoms with van der Waals surface area (Å²) in [5.41, 5.74) is 1.70. The van der Waals surface area contributed by atoms with Crippen LogP contribution in [0.25, 0.3) is 0 Å². The third kappa shape index (κ3) is 4.28. The number of para-hydroxylation sites is 1. The lowest BCUT2D eigenvalue weighted by molar-refractivity contribution is -0.136. The standard InChI is InChI=1S/C19H22N2O3S2/c1-25-16-5-3-2-4-15(16)21-18(23)17(22)20-13-19(7-9-24-10-8-19)14-6-11-26-12-14/h2-6,11-12H,7-10,13H2,1H3,(H,20,22)(H,21,23). The third-order valence-corrected chi connectivity index (χ3v) is 6.21. The summed E-state index contributed by atoms with van der Waals surface area (Å²) in [6.45, 7) is 1.77. The van der Waals surface area contributed by atoms with E-state index in [9.17, 15) is 9.59 Å². The maximum Gasteiger partial charge on any atom is 0.313 e. The molecule has 1 aliphatic heterocycles. The van der Waals surface area contributed by atoms with Gasteiger partial charge in [-0.25, -0.2) is 0 Å². The van der Waals surface area contributed by atoms with E-state index in [2.05, 4.69) is 22.1 Å². The molecule has 2 aromatic rings. The number of nitrogens with one attached hydrogen (secondary N) is 2. The highest BCUT2D eigenvalue weighted by molar-refractivity contribution is 7.98. The minimum atomic E-state index is -0.640. The summed E-state index contributed by atoms with van der Waals surface area (Å²) in [4.78, 5) is 25.6. The van der Waals surface area contributed by atoms with Crippen LogP contribution < -0.4 is 10.6 Å². The van der Waals surface area contributed by atoms with Gasteiger partial charge in [-0.1, -0.05) is 12.1 Å². The second kappa shape index (κ2) is 8.70. The van der Waals surface area contributed by atoms with Gasteiger partial charge >= 0.3 is 11.8 Å². The molecule has 1 fully saturated rings. The second-order valence-electron chi connectivity index (χ2n) is 6.24. The first-order valence-corrected chi connectivity index (χ1v) is 10.6. The summed E-state index contributed by atoms with van der Waals surface area (Å²) in [5.74, 6) is -1.25. The predicted molar refractivity (Wildman–Crippen MR) is 106 cm³/mol. The molecule has 0 bridgehead atoms. The monoisotopic (exact) mass is 390 g/mol. The van der Waals surface area contributed by atoms with Crippen LogP contribution in [0.5, 0.6) is 0 Å². The average Bonchev–Trinajstić information content (AvgIpc) is 3.23. The second-order valence-corrected chi connectivity index (χ2v) is 7.87. The van der Waals surface area contributed by atoms with Gasteiger partial charge in [-0.2, -0.15) is 11.3 Å². The van der Waals surface area contributed by atoms with Crippen molar-refractivity contribution < 1.29 is 14.3 Å². The fourth-order valence-electron chi connectivity index (χ4n) is 3.15. The highest BCUT2D eigenvalue weighted by Crippen LogP contribution is 2.35. The maximum absolute atomic E-state index is 12.3. The van der Waals surface area contributed by atoms with E-state index in [0.29, 0.717) is 25.4 Å². The van der Waals surface area contributed by atoms with Crippen LogP contribution in [0.2, 0.25) is 0 Å². The van der Waals surface area contributed by atoms with Crippen LogP contribution in [-0.2, 0) is 19.7 Å². The van der Waals surface area contributed by atoms with E-state index >= 15 is 0 Å². The van der Waals surface area contributed by atoms with E-state index in [1.54, 1.807) is 17.4 Å². The molecule has 26 heavy (non-hydrogen) atoms. The van der Waals surface area contributed by atoms with E-state index in [-0.39, 0.29) is 5.41 Å². The van der Waals surface area contributed by atoms with Gasteiger partial charge < -0.3 is 15.4 Å². The number of thioether (sulfide) groups is 1. The van der Waals surface area contributed by atoms with Gasteiger partial charge in [-0.3, -0.25) is 9.59 Å². The zero-order chi connectivity index (χ0) is 18.4. The molecule has 3 rings (SSSR count). The van der Waals surface area contributed by atoms with Crippen molar-refractivity contribution in [1.29, 1.82) is 0 Å². The van der Waals surface area contributed by atoms with Crippen LogP contribution in [0.4, 0.5) is 5.69 Å². The summed E-state index contributed by atoms with van der Waals surface area (Å²) in [5, 5.41) is 9.69. The van der Waals surface area contributed by atoms with Crippen molar-refractivity contribution in [2.24, 2.45) is 0 Å². The zero-order valence-corrected chi connectivity index (χ0v) is 16.3. The molecule has 2 amide bonds. The molecule has 0 aliphatic carbocycles. The van der Waals surface area contributed by atoms with Gasteiger partial charge in [0.2, 0.25) is 0 Å². The molecule has 0 unspecified atom stereocenters. The van der Waals surface area contributed by atoms with Crippen LogP contribution in [0.3, 0.4) is 0 Å². The lowest BCUT2D eigenvalue weighted by atomic mass is 9.75. The van der Waals surface area contributed by atoms with Crippen LogP contribution >= 0.6 is 23.1 Å². The molecule has 2 heterocycles. The number of thiophene rings is 1. The number of anilines is 1. The van der Waals surface area contributed by atoms with Gasteiger partial charge in [0, 0.05) is 30.1 Å². The molecular formula is C19H22N2O3S2. The fraction of sp³-hybridized carbons (Fsp3) is 0.368. The van der Waals surface area contributed by atoms with Crippen molar-refractivity contribution in [2.75, 3.05) is 31.3 Å². The Kier molecular flexibility index (Phi) is 6.34. The van der Waals surface area contributed by atoms with E-state index in [1.807, 2.05) is 29.8 Å². The summed E-state index contributed by atoms with van der Waals surface area (Å²) in [6.07, 6.45) is 3.60. The summed E-state index contributed by atoms with van der Waals surface area (Å²) in [6, 6.07) is 9.53. The number of carbonyl (C=O) groups excluding carboxylic acids is 2. The van der Waals surface area contributed by atoms with Crippen LogP contribution in [-0.4, -0.2) is 37.8 Å². The number of hydrogen-bond donors (Lipinski definition) is 2. The lowest BCUT2D eigenvalue weighted by Gasteiger charge is -2.37. The molecule has 0 saturated carbocycles. The van der Waals surface area contributed by atoms with Crippen molar-refractivity contribution in [3.63, 3.8) is 0 Å². The van der Waals surface area contributed by atoms with Gasteiger partial charge in [0.15, 0.2) is 0 Å². The Labute approximate surface area is 161 Å². The van der Waals surface area contributed by atoms with Crippen LogP contribution in [0, 0.1) is 0 Å². The molecule has 0 radical (unpaired) electrons. The first-order valence-electron chi connectivity index (χ1n) is 8.47. The van der Waals surface area contributed by atoms with Gasteiger partial charge in [-0.05, 0) is 53.6 Å². The Hall–Kier alpha value is -1.83. The number of amides is 2. The van der Waals surface area contributed by atoms with Crippen molar-refractivity contribution in [2.45, 2.75) is 23.2 Å². The highest BCUT2D eigenvalue weighted by Gasteiger charge is 2.35. The predicted octanol–water partition coefficient (Wildman–Crippen LogP) is 3.27. The van der Waals surface area contributed by atoms with Gasteiger partial charge in [0.25, 0.3) is 0 Å². The molecule has 1 saturated heterocycles. The first-order chi connectivity index (χ1) is 12.6. The molecule has 5 nitrogen and oxygen atoms in total. The van der Waals surface area contributed by atoms with E-state index in [1.165, 1.54) is 17.3 Å². The van der Waals surface area contributed by atoms with Gasteiger partial charge in [0.05, 0.1) is 5.69 Å². The van der Waals surface area contributed by atoms with E-state index in [0.717, 1.165) is 17.7 Å². The molecule has 2 N–H and O–H groups in total. The van der Waals surface area contributed by atoms with Crippen molar-refractivity contribution >= 4 is 40.6 Å². The van der Waals surface area contributed by atoms with Gasteiger partial charge in [-0.15, -0.1) is 11.8 Å². The third-order valence-electron chi connectivity index (χ3n) is 4.73. The van der Waals surface area contributed by atoms with Gasteiger partial charge in [0.1, 0.15) is 0 Å². The fourth-order valence-corrected chi connectivity index (χ4v) is 4.49. The Bertz CT molecular complexity index is 756. The normalized spacial score (nSPS) is 16.0. The topological polar surface area (TPSA) is 67.4 Å². The average molecular weight is 391 g/mol. The smallest absolute Gasteiger partial charge is 0.313 e. The number of rotatable bonds is 5. The molecule has 0 atom stereocenters. The zero-order valence-electron chi connectivity index (χ0n) is 14.6. The summed E-state index contributed by atoms with van der Waals surface area (Å²) >= 11 is 3.17. The minimum Gasteiger partial charge on any atom is -0.381 e. The molecule has 138 valence electrons. The number of ether oxygens (including phenoxy) is 1. The number of carbonyl (C=O) groups is 2. The van der Waals surface area contributed by atoms with Crippen molar-refractivity contribution in [3.8, 4) is 0 Å². The molecular weight excluding hydrogens is 368 g/mol. The summed E-state index contributed by atoms with van der Waals surface area (Å²) < 4.78 is 5.49. The summed E-state index contributed by atoms with van der Waals surface area (Å²) in [7, 11) is 0. The minimum absolute atomic E-state index is 0.161. The molecule has 1 aromatic heterocycles. The Morgan fingerprint density at radius 3 is 2.65 bits per heavy atom. The van der Waals surface area contributed by atoms with Crippen LogP contribution in [0.15, 0.2) is 46.0 Å². The molecule has 0 spiro atoms. The van der Waals surface area contributed by atoms with Crippen molar-refractivity contribution in [3.05, 3.63) is 46.7 Å². The van der Waals surface area contributed by atoms with Crippen LogP contribution in [0.1, 0.15) is 18.4 Å². The Balaban J connectivity index is 1.64. The number of benzene rings is 1. The lowest BCUT2D eigenvalue weighted by Crippen LogP contribution is -2.47. The maximum atomic E-state index is 12.3. The highest BCUT2D eigenvalue weighted by atomic mass is 32.2.